The Morgan fingerprint density at radius 3 is 2.64 bits per heavy atom. The number of benzene rings is 1. The smallest absolute Gasteiger partial charge is 0.416 e. The number of amides is 1. The van der Waals surface area contributed by atoms with Crippen LogP contribution >= 0.6 is 0 Å². The molecule has 0 aliphatic carbocycles. The molecule has 1 aromatic rings. The molecule has 0 radical (unpaired) electrons. The van der Waals surface area contributed by atoms with E-state index in [-0.39, 0.29) is 12.1 Å². The van der Waals surface area contributed by atoms with Crippen LogP contribution in [0.4, 0.5) is 13.2 Å². The molecule has 1 fully saturated rings. The minimum Gasteiger partial charge on any atom is -0.481 e. The van der Waals surface area contributed by atoms with Gasteiger partial charge in [0.1, 0.15) is 0 Å². The van der Waals surface area contributed by atoms with Crippen molar-refractivity contribution in [2.75, 3.05) is 13.1 Å². The topological polar surface area (TPSA) is 57.6 Å². The molecule has 0 bridgehead atoms. The Hall–Kier alpha value is -2.31. The summed E-state index contributed by atoms with van der Waals surface area (Å²) in [5, 5.41) is 8.86. The van der Waals surface area contributed by atoms with Crippen molar-refractivity contribution < 1.29 is 27.9 Å². The van der Waals surface area contributed by atoms with Crippen molar-refractivity contribution in [3.8, 4) is 0 Å². The Morgan fingerprint density at radius 2 is 2.05 bits per heavy atom. The first-order valence-electron chi connectivity index (χ1n) is 6.64. The number of carbonyl (C=O) groups is 2. The maximum atomic E-state index is 12.6. The first-order valence-corrected chi connectivity index (χ1v) is 6.64. The van der Waals surface area contributed by atoms with Gasteiger partial charge in [0.25, 0.3) is 0 Å². The molecule has 1 unspecified atom stereocenters. The van der Waals surface area contributed by atoms with Crippen molar-refractivity contribution in [3.63, 3.8) is 0 Å². The predicted octanol–water partition coefficient (Wildman–Crippen LogP) is 2.65. The van der Waals surface area contributed by atoms with Gasteiger partial charge < -0.3 is 10.0 Å². The molecule has 1 saturated heterocycles. The minimum absolute atomic E-state index is 0.126. The predicted molar refractivity (Wildman–Crippen MR) is 72.8 cm³/mol. The van der Waals surface area contributed by atoms with Crippen LogP contribution in [0.2, 0.25) is 0 Å². The first kappa shape index (κ1) is 16.1. The number of carboxylic acids is 1. The van der Waals surface area contributed by atoms with E-state index in [2.05, 4.69) is 0 Å². The lowest BCUT2D eigenvalue weighted by atomic mass is 10.1. The molecule has 1 aliphatic rings. The number of alkyl halides is 3. The van der Waals surface area contributed by atoms with E-state index in [4.69, 9.17) is 5.11 Å². The van der Waals surface area contributed by atoms with Gasteiger partial charge in [-0.2, -0.15) is 13.2 Å². The second-order valence-electron chi connectivity index (χ2n) is 5.06. The Morgan fingerprint density at radius 1 is 1.32 bits per heavy atom. The third kappa shape index (κ3) is 3.87. The second kappa shape index (κ2) is 6.21. The summed E-state index contributed by atoms with van der Waals surface area (Å²) in [7, 11) is 0. The maximum Gasteiger partial charge on any atom is 0.416 e. The van der Waals surface area contributed by atoms with E-state index in [0.29, 0.717) is 13.0 Å². The van der Waals surface area contributed by atoms with E-state index in [1.165, 1.54) is 29.2 Å². The molecular weight excluding hydrogens is 299 g/mol. The molecule has 7 heteroatoms. The summed E-state index contributed by atoms with van der Waals surface area (Å²) in [6.07, 6.45) is -1.58. The molecule has 0 saturated carbocycles. The van der Waals surface area contributed by atoms with Crippen molar-refractivity contribution >= 4 is 18.0 Å². The number of aliphatic carboxylic acids is 1. The van der Waals surface area contributed by atoms with Crippen LogP contribution in [-0.2, 0) is 15.8 Å². The number of carboxylic acid groups (broad SMARTS) is 1. The summed E-state index contributed by atoms with van der Waals surface area (Å²) < 4.78 is 37.7. The monoisotopic (exact) mass is 313 g/mol. The molecule has 2 rings (SSSR count). The number of hydrogen-bond donors (Lipinski definition) is 1. The second-order valence-corrected chi connectivity index (χ2v) is 5.06. The lowest BCUT2D eigenvalue weighted by Crippen LogP contribution is -2.28. The fraction of sp³-hybridized carbons (Fsp3) is 0.333. The summed E-state index contributed by atoms with van der Waals surface area (Å²) in [6.45, 7) is 0.462. The fourth-order valence-corrected chi connectivity index (χ4v) is 2.25. The van der Waals surface area contributed by atoms with Gasteiger partial charge in [-0.25, -0.2) is 0 Å². The van der Waals surface area contributed by atoms with Crippen LogP contribution in [0.5, 0.6) is 0 Å². The summed E-state index contributed by atoms with van der Waals surface area (Å²) in [6, 6.07) is 4.64. The molecule has 0 spiro atoms. The van der Waals surface area contributed by atoms with E-state index in [1.807, 2.05) is 0 Å². The van der Waals surface area contributed by atoms with Crippen molar-refractivity contribution in [2.45, 2.75) is 12.6 Å². The van der Waals surface area contributed by atoms with Crippen molar-refractivity contribution in [1.29, 1.82) is 0 Å². The van der Waals surface area contributed by atoms with Crippen molar-refractivity contribution in [3.05, 3.63) is 41.5 Å². The van der Waals surface area contributed by atoms with E-state index < -0.39 is 29.5 Å². The summed E-state index contributed by atoms with van der Waals surface area (Å²) in [5.74, 6) is -1.93. The van der Waals surface area contributed by atoms with Gasteiger partial charge in [-0.05, 0) is 30.2 Å². The van der Waals surface area contributed by atoms with Gasteiger partial charge in [0.2, 0.25) is 5.91 Å². The van der Waals surface area contributed by atoms with Gasteiger partial charge in [0, 0.05) is 19.2 Å². The van der Waals surface area contributed by atoms with Crippen molar-refractivity contribution in [1.82, 2.24) is 4.90 Å². The number of nitrogens with zero attached hydrogens (tertiary/aromatic N) is 1. The van der Waals surface area contributed by atoms with Crippen LogP contribution in [0, 0.1) is 5.92 Å². The van der Waals surface area contributed by atoms with Gasteiger partial charge in [-0.1, -0.05) is 12.1 Å². The van der Waals surface area contributed by atoms with E-state index in [9.17, 15) is 22.8 Å². The van der Waals surface area contributed by atoms with Crippen molar-refractivity contribution in [2.24, 2.45) is 5.92 Å². The summed E-state index contributed by atoms with van der Waals surface area (Å²) in [4.78, 5) is 24.1. The third-order valence-corrected chi connectivity index (χ3v) is 3.48. The number of hydrogen-bond acceptors (Lipinski definition) is 2. The van der Waals surface area contributed by atoms with E-state index in [0.717, 1.165) is 12.1 Å². The lowest BCUT2D eigenvalue weighted by Gasteiger charge is -2.13. The summed E-state index contributed by atoms with van der Waals surface area (Å²) >= 11 is 0. The van der Waals surface area contributed by atoms with Gasteiger partial charge in [-0.15, -0.1) is 0 Å². The maximum absolute atomic E-state index is 12.6. The first-order chi connectivity index (χ1) is 10.3. The number of likely N-dealkylation sites (tertiary alicyclic amines) is 1. The Bertz CT molecular complexity index is 610. The molecule has 22 heavy (non-hydrogen) atoms. The van der Waals surface area contributed by atoms with Crippen LogP contribution in [0.3, 0.4) is 0 Å². The van der Waals surface area contributed by atoms with Crippen LogP contribution in [0.15, 0.2) is 30.3 Å². The molecule has 1 heterocycles. The molecule has 0 aromatic heterocycles. The fourth-order valence-electron chi connectivity index (χ4n) is 2.25. The third-order valence-electron chi connectivity index (χ3n) is 3.48. The average Bonchev–Trinajstić information content (AvgIpc) is 2.94. The van der Waals surface area contributed by atoms with Crippen LogP contribution in [0.1, 0.15) is 17.5 Å². The number of rotatable bonds is 3. The highest BCUT2D eigenvalue weighted by molar-refractivity contribution is 5.92. The highest BCUT2D eigenvalue weighted by atomic mass is 19.4. The number of carbonyl (C=O) groups excluding carboxylic acids is 1. The summed E-state index contributed by atoms with van der Waals surface area (Å²) in [5.41, 5.74) is -0.522. The van der Waals surface area contributed by atoms with E-state index >= 15 is 0 Å². The zero-order valence-corrected chi connectivity index (χ0v) is 11.5. The average molecular weight is 313 g/mol. The molecule has 1 aliphatic heterocycles. The van der Waals surface area contributed by atoms with Gasteiger partial charge in [0.15, 0.2) is 0 Å². The minimum atomic E-state index is -4.43. The molecule has 118 valence electrons. The van der Waals surface area contributed by atoms with Crippen LogP contribution < -0.4 is 0 Å². The van der Waals surface area contributed by atoms with Gasteiger partial charge in [-0.3, -0.25) is 9.59 Å². The standard InChI is InChI=1S/C15H14F3NO3/c16-15(17,18)12-3-1-2-10(8-12)4-5-13(20)19-7-6-11(9-19)14(21)22/h1-5,8,11H,6-7,9H2,(H,21,22)/b5-4+. The van der Waals surface area contributed by atoms with E-state index in [1.54, 1.807) is 0 Å². The lowest BCUT2D eigenvalue weighted by molar-refractivity contribution is -0.141. The number of halogens is 3. The molecular formula is C15H14F3NO3. The Kier molecular flexibility index (Phi) is 4.54. The zero-order valence-electron chi connectivity index (χ0n) is 11.5. The normalized spacial score (nSPS) is 18.9. The molecule has 1 atom stereocenters. The SMILES string of the molecule is O=C(O)C1CCN(C(=O)/C=C/c2cccc(C(F)(F)F)c2)C1. The highest BCUT2D eigenvalue weighted by Gasteiger charge is 2.31. The molecule has 1 amide bonds. The van der Waals surface area contributed by atoms with Crippen LogP contribution in [-0.4, -0.2) is 35.0 Å². The van der Waals surface area contributed by atoms with Crippen LogP contribution in [0.25, 0.3) is 6.08 Å². The molecule has 1 N–H and O–H groups in total. The Balaban J connectivity index is 2.03. The Labute approximate surface area is 124 Å². The largest absolute Gasteiger partial charge is 0.481 e. The van der Waals surface area contributed by atoms with Gasteiger partial charge in [0.05, 0.1) is 11.5 Å². The molecule has 4 nitrogen and oxygen atoms in total. The zero-order chi connectivity index (χ0) is 16.3. The molecule has 1 aromatic carbocycles. The highest BCUT2D eigenvalue weighted by Crippen LogP contribution is 2.29. The van der Waals surface area contributed by atoms with Gasteiger partial charge >= 0.3 is 12.1 Å². The quantitative estimate of drug-likeness (QED) is 0.873.